The number of aromatic nitrogens is 3. The summed E-state index contributed by atoms with van der Waals surface area (Å²) in [6, 6.07) is 4.28. The predicted molar refractivity (Wildman–Crippen MR) is 197 cm³/mol. The van der Waals surface area contributed by atoms with Crippen molar-refractivity contribution in [2.24, 2.45) is 11.3 Å². The molecule has 0 radical (unpaired) electrons. The lowest BCUT2D eigenvalue weighted by Gasteiger charge is -2.55. The molecule has 0 bridgehead atoms. The van der Waals surface area contributed by atoms with E-state index in [1.807, 2.05) is 20.8 Å². The molecule has 1 aromatic carbocycles. The van der Waals surface area contributed by atoms with Gasteiger partial charge in [0.05, 0.1) is 11.8 Å². The van der Waals surface area contributed by atoms with Crippen molar-refractivity contribution in [3.8, 4) is 11.6 Å². The third-order valence-electron chi connectivity index (χ3n) is 11.2. The second-order valence-electron chi connectivity index (χ2n) is 16.4. The Morgan fingerprint density at radius 2 is 1.94 bits per heavy atom. The topological polar surface area (TPSA) is 105 Å². The van der Waals surface area contributed by atoms with Gasteiger partial charge in [0, 0.05) is 55.8 Å². The van der Waals surface area contributed by atoms with Gasteiger partial charge in [-0.05, 0) is 103 Å². The van der Waals surface area contributed by atoms with Crippen molar-refractivity contribution in [1.82, 2.24) is 30.7 Å². The standard InChI is InChI=1S/C37H62FN7O3Si/c1-12-15-29(36(8,9)41-19-14-21-47-49(10,11)35(5,6)7)32-37(24-40-32)18-20-44(25-37)34-39-23-31(42-43-34)48-30-17-16-27(38)22-28(30)33(46)45(13-2)26(3)4/h16-17,22-23,26,29,32,40-41H,12-15,18-21,24-25H2,1-11H3. The fraction of sp³-hybridized carbons (Fsp3) is 0.730. The van der Waals surface area contributed by atoms with E-state index in [1.165, 1.54) is 24.4 Å². The first-order valence-electron chi connectivity index (χ1n) is 18.3. The summed E-state index contributed by atoms with van der Waals surface area (Å²) in [5, 5.41) is 16.7. The number of anilines is 1. The molecule has 12 heteroatoms. The summed E-state index contributed by atoms with van der Waals surface area (Å²) in [4.78, 5) is 21.7. The van der Waals surface area contributed by atoms with Gasteiger partial charge in [0.15, 0.2) is 8.32 Å². The molecule has 2 aliphatic rings. The summed E-state index contributed by atoms with van der Waals surface area (Å²) in [6.45, 7) is 29.2. The molecule has 49 heavy (non-hydrogen) atoms. The SMILES string of the molecule is CCCC(C1NCC12CCN(c1ncc(Oc3ccc(F)cc3C(=O)N(CC)C(C)C)nn1)C2)C(C)(C)NCCCO[Si](C)(C)C(C)(C)C. The van der Waals surface area contributed by atoms with Crippen molar-refractivity contribution in [2.75, 3.05) is 44.2 Å². The monoisotopic (exact) mass is 699 g/mol. The van der Waals surface area contributed by atoms with Gasteiger partial charge in [-0.1, -0.05) is 34.1 Å². The molecule has 2 aromatic rings. The van der Waals surface area contributed by atoms with Crippen molar-refractivity contribution in [2.45, 2.75) is 124 Å². The molecule has 2 N–H and O–H groups in total. The summed E-state index contributed by atoms with van der Waals surface area (Å²) in [7, 11) is -1.74. The van der Waals surface area contributed by atoms with Gasteiger partial charge in [0.25, 0.3) is 11.8 Å². The molecule has 10 nitrogen and oxygen atoms in total. The Morgan fingerprint density at radius 3 is 2.51 bits per heavy atom. The van der Waals surface area contributed by atoms with Gasteiger partial charge in [-0.25, -0.2) is 9.37 Å². The van der Waals surface area contributed by atoms with E-state index in [9.17, 15) is 9.18 Å². The van der Waals surface area contributed by atoms with E-state index in [-0.39, 0.29) is 45.1 Å². The zero-order valence-electron chi connectivity index (χ0n) is 32.0. The van der Waals surface area contributed by atoms with Crippen LogP contribution in [0.5, 0.6) is 11.6 Å². The summed E-state index contributed by atoms with van der Waals surface area (Å²) < 4.78 is 26.6. The number of benzene rings is 1. The third-order valence-corrected chi connectivity index (χ3v) is 15.8. The minimum absolute atomic E-state index is 0.0353. The highest BCUT2D eigenvalue weighted by Crippen LogP contribution is 2.47. The normalized spacial score (nSPS) is 20.5. The number of carbonyl (C=O) groups is 1. The van der Waals surface area contributed by atoms with E-state index in [0.29, 0.717) is 24.5 Å². The zero-order chi connectivity index (χ0) is 36.2. The van der Waals surface area contributed by atoms with Gasteiger partial charge >= 0.3 is 0 Å². The van der Waals surface area contributed by atoms with E-state index >= 15 is 0 Å². The molecule has 1 amide bonds. The molecule has 3 atom stereocenters. The number of carbonyl (C=O) groups excluding carboxylic acids is 1. The number of hydrogen-bond donors (Lipinski definition) is 2. The highest BCUT2D eigenvalue weighted by molar-refractivity contribution is 6.74. The van der Waals surface area contributed by atoms with Crippen LogP contribution < -0.4 is 20.3 Å². The number of nitrogens with zero attached hydrogens (tertiary/aromatic N) is 5. The highest BCUT2D eigenvalue weighted by atomic mass is 28.4. The largest absolute Gasteiger partial charge is 0.436 e. The average Bonchev–Trinajstić information content (AvgIpc) is 3.49. The van der Waals surface area contributed by atoms with E-state index in [0.717, 1.165) is 58.5 Å². The molecule has 0 aliphatic carbocycles. The van der Waals surface area contributed by atoms with Gasteiger partial charge in [0.2, 0.25) is 5.95 Å². The van der Waals surface area contributed by atoms with Gasteiger partial charge < -0.3 is 29.6 Å². The van der Waals surface area contributed by atoms with Gasteiger partial charge in [-0.3, -0.25) is 4.79 Å². The zero-order valence-corrected chi connectivity index (χ0v) is 33.0. The van der Waals surface area contributed by atoms with E-state index < -0.39 is 14.1 Å². The second kappa shape index (κ2) is 15.7. The number of amides is 1. The van der Waals surface area contributed by atoms with E-state index in [4.69, 9.17) is 9.16 Å². The lowest BCUT2D eigenvalue weighted by molar-refractivity contribution is 0.0177. The van der Waals surface area contributed by atoms with Crippen LogP contribution in [0.15, 0.2) is 24.4 Å². The Bertz CT molecular complexity index is 1400. The minimum Gasteiger partial charge on any atom is -0.436 e. The molecule has 2 aliphatic heterocycles. The van der Waals surface area contributed by atoms with Gasteiger partial charge in [-0.15, -0.1) is 10.2 Å². The van der Waals surface area contributed by atoms with E-state index in [1.54, 1.807) is 4.90 Å². The molecule has 0 saturated carbocycles. The lowest BCUT2D eigenvalue weighted by Crippen LogP contribution is -2.70. The smallest absolute Gasteiger partial charge is 0.257 e. The van der Waals surface area contributed by atoms with Crippen LogP contribution >= 0.6 is 0 Å². The van der Waals surface area contributed by atoms with E-state index in [2.05, 4.69) is 85.4 Å². The molecule has 1 spiro atoms. The van der Waals surface area contributed by atoms with Crippen LogP contribution in [0, 0.1) is 17.2 Å². The molecule has 2 fully saturated rings. The minimum atomic E-state index is -1.74. The fourth-order valence-corrected chi connectivity index (χ4v) is 8.26. The first kappa shape index (κ1) is 39.1. The molecule has 1 aromatic heterocycles. The Labute approximate surface area is 295 Å². The fourth-order valence-electron chi connectivity index (χ4n) is 7.17. The Balaban J connectivity index is 1.38. The van der Waals surface area contributed by atoms with Crippen LogP contribution in [0.4, 0.5) is 10.3 Å². The molecular weight excluding hydrogens is 638 g/mol. The third kappa shape index (κ3) is 8.98. The number of nitrogens with one attached hydrogen (secondary N) is 2. The van der Waals surface area contributed by atoms with Crippen LogP contribution in [0.3, 0.4) is 0 Å². The molecular formula is C37H62FN7O3Si. The summed E-state index contributed by atoms with van der Waals surface area (Å²) >= 11 is 0. The van der Waals surface area contributed by atoms with Crippen LogP contribution in [-0.2, 0) is 4.43 Å². The first-order chi connectivity index (χ1) is 22.9. The van der Waals surface area contributed by atoms with Crippen LogP contribution in [0.2, 0.25) is 18.1 Å². The molecule has 3 unspecified atom stereocenters. The summed E-state index contributed by atoms with van der Waals surface area (Å²) in [5.41, 5.74) is 0.255. The van der Waals surface area contributed by atoms with Gasteiger partial charge in [-0.2, -0.15) is 0 Å². The number of halogens is 1. The van der Waals surface area contributed by atoms with Crippen molar-refractivity contribution in [3.63, 3.8) is 0 Å². The Morgan fingerprint density at radius 1 is 1.20 bits per heavy atom. The summed E-state index contributed by atoms with van der Waals surface area (Å²) in [6.07, 6.45) is 5.87. The van der Waals surface area contributed by atoms with Crippen LogP contribution in [0.25, 0.3) is 0 Å². The number of ether oxygens (including phenoxy) is 1. The van der Waals surface area contributed by atoms with Crippen molar-refractivity contribution in [1.29, 1.82) is 0 Å². The van der Waals surface area contributed by atoms with Crippen molar-refractivity contribution < 1.29 is 18.3 Å². The maximum absolute atomic E-state index is 14.2. The quantitative estimate of drug-likeness (QED) is 0.141. The number of hydrogen-bond acceptors (Lipinski definition) is 9. The Hall–Kier alpha value is -2.67. The first-order valence-corrected chi connectivity index (χ1v) is 21.2. The number of rotatable bonds is 16. The summed E-state index contributed by atoms with van der Waals surface area (Å²) in [5.74, 6) is 0.598. The molecule has 4 rings (SSSR count). The molecule has 3 heterocycles. The Kier molecular flexibility index (Phi) is 12.5. The van der Waals surface area contributed by atoms with Crippen LogP contribution in [-0.4, -0.2) is 91.3 Å². The second-order valence-corrected chi connectivity index (χ2v) is 21.2. The van der Waals surface area contributed by atoms with Crippen LogP contribution in [0.1, 0.15) is 98.4 Å². The highest BCUT2D eigenvalue weighted by Gasteiger charge is 2.56. The maximum Gasteiger partial charge on any atom is 0.257 e. The maximum atomic E-state index is 14.2. The molecule has 274 valence electrons. The van der Waals surface area contributed by atoms with Crippen molar-refractivity contribution in [3.05, 3.63) is 35.8 Å². The van der Waals surface area contributed by atoms with Crippen molar-refractivity contribution >= 4 is 20.2 Å². The average molecular weight is 700 g/mol. The molecule has 2 saturated heterocycles. The lowest BCUT2D eigenvalue weighted by atomic mass is 9.62. The van der Waals surface area contributed by atoms with Gasteiger partial charge in [0.1, 0.15) is 11.6 Å². The predicted octanol–water partition coefficient (Wildman–Crippen LogP) is 7.04.